The Morgan fingerprint density at radius 3 is 2.35 bits per heavy atom. The van der Waals surface area contributed by atoms with E-state index in [1.54, 1.807) is 0 Å². The lowest BCUT2D eigenvalue weighted by atomic mass is 9.94. The predicted octanol–water partition coefficient (Wildman–Crippen LogP) is 5.36. The van der Waals surface area contributed by atoms with E-state index in [2.05, 4.69) is 64.2 Å². The maximum absolute atomic E-state index is 3.72. The van der Waals surface area contributed by atoms with Gasteiger partial charge in [-0.2, -0.15) is 0 Å². The van der Waals surface area contributed by atoms with Crippen LogP contribution in [0.5, 0.6) is 0 Å². The summed E-state index contributed by atoms with van der Waals surface area (Å²) in [6, 6.07) is 9.71. The molecule has 1 N–H and O–H groups in total. The molecule has 1 heteroatoms. The van der Waals surface area contributed by atoms with E-state index in [4.69, 9.17) is 0 Å². The Kier molecular flexibility index (Phi) is 7.91. The lowest BCUT2D eigenvalue weighted by Crippen LogP contribution is -2.22. The summed E-state index contributed by atoms with van der Waals surface area (Å²) in [7, 11) is 0. The monoisotopic (exact) mass is 275 g/mol. The van der Waals surface area contributed by atoms with Gasteiger partial charge in [0.1, 0.15) is 0 Å². The topological polar surface area (TPSA) is 12.0 Å². The Labute approximate surface area is 126 Å². The Balaban J connectivity index is 2.77. The predicted molar refractivity (Wildman–Crippen MR) is 90.1 cm³/mol. The molecule has 0 heterocycles. The first-order valence-electron chi connectivity index (χ1n) is 8.35. The highest BCUT2D eigenvalue weighted by atomic mass is 14.9. The van der Waals surface area contributed by atoms with E-state index in [0.29, 0.717) is 6.04 Å². The smallest absolute Gasteiger partial charge is 0.0320 e. The van der Waals surface area contributed by atoms with Crippen molar-refractivity contribution in [3.63, 3.8) is 0 Å². The van der Waals surface area contributed by atoms with Crippen molar-refractivity contribution in [2.24, 2.45) is 11.8 Å². The van der Waals surface area contributed by atoms with Gasteiger partial charge in [-0.15, -0.1) is 0 Å². The molecule has 0 aliphatic heterocycles. The molecular weight excluding hydrogens is 242 g/mol. The minimum absolute atomic E-state index is 0.518. The minimum Gasteiger partial charge on any atom is -0.310 e. The highest BCUT2D eigenvalue weighted by Crippen LogP contribution is 2.23. The number of hydrogen-bond donors (Lipinski definition) is 1. The van der Waals surface area contributed by atoms with Crippen LogP contribution in [-0.2, 0) is 6.42 Å². The van der Waals surface area contributed by atoms with Gasteiger partial charge in [0.15, 0.2) is 0 Å². The first kappa shape index (κ1) is 17.2. The molecule has 1 aromatic rings. The zero-order valence-electron chi connectivity index (χ0n) is 14.1. The molecule has 1 atom stereocenters. The molecule has 0 saturated heterocycles. The van der Waals surface area contributed by atoms with E-state index in [0.717, 1.165) is 18.4 Å². The van der Waals surface area contributed by atoms with Gasteiger partial charge in [0.2, 0.25) is 0 Å². The zero-order valence-corrected chi connectivity index (χ0v) is 14.1. The van der Waals surface area contributed by atoms with E-state index in [1.807, 2.05) is 0 Å². The van der Waals surface area contributed by atoms with Gasteiger partial charge in [-0.25, -0.2) is 0 Å². The van der Waals surface area contributed by atoms with Gasteiger partial charge in [-0.05, 0) is 55.2 Å². The first-order chi connectivity index (χ1) is 9.52. The molecule has 0 bridgehead atoms. The second-order valence-electron chi connectivity index (χ2n) is 6.82. The molecule has 1 rings (SSSR count). The summed E-state index contributed by atoms with van der Waals surface area (Å²) >= 11 is 0. The van der Waals surface area contributed by atoms with Crippen molar-refractivity contribution in [3.05, 3.63) is 35.4 Å². The molecule has 0 spiro atoms. The van der Waals surface area contributed by atoms with Crippen LogP contribution < -0.4 is 5.32 Å². The summed E-state index contributed by atoms with van der Waals surface area (Å²) < 4.78 is 0. The SMILES string of the molecule is CCCNC(CCC(C)C)c1cccc(CC(C)C)c1. The summed E-state index contributed by atoms with van der Waals surface area (Å²) in [6.45, 7) is 12.5. The number of rotatable bonds is 9. The maximum Gasteiger partial charge on any atom is 0.0320 e. The lowest BCUT2D eigenvalue weighted by molar-refractivity contribution is 0.440. The average Bonchev–Trinajstić information content (AvgIpc) is 2.38. The third-order valence-electron chi connectivity index (χ3n) is 3.67. The Morgan fingerprint density at radius 2 is 1.75 bits per heavy atom. The Hall–Kier alpha value is -0.820. The van der Waals surface area contributed by atoms with Crippen molar-refractivity contribution < 1.29 is 0 Å². The van der Waals surface area contributed by atoms with E-state index < -0.39 is 0 Å². The fraction of sp³-hybridized carbons (Fsp3) is 0.684. The molecule has 1 aromatic carbocycles. The average molecular weight is 275 g/mol. The number of nitrogens with one attached hydrogen (secondary N) is 1. The maximum atomic E-state index is 3.72. The second-order valence-corrected chi connectivity index (χ2v) is 6.82. The number of benzene rings is 1. The molecule has 0 radical (unpaired) electrons. The van der Waals surface area contributed by atoms with E-state index in [1.165, 1.54) is 36.8 Å². The highest BCUT2D eigenvalue weighted by molar-refractivity contribution is 5.26. The van der Waals surface area contributed by atoms with Crippen molar-refractivity contribution in [1.82, 2.24) is 5.32 Å². The van der Waals surface area contributed by atoms with Crippen LogP contribution in [-0.4, -0.2) is 6.54 Å². The van der Waals surface area contributed by atoms with Gasteiger partial charge in [0, 0.05) is 6.04 Å². The molecule has 1 unspecified atom stereocenters. The molecular formula is C19H33N. The van der Waals surface area contributed by atoms with E-state index in [9.17, 15) is 0 Å². The Bertz CT molecular complexity index is 368. The normalized spacial score (nSPS) is 13.2. The summed E-state index contributed by atoms with van der Waals surface area (Å²) in [6.07, 6.45) is 4.90. The van der Waals surface area contributed by atoms with Gasteiger partial charge in [-0.1, -0.05) is 58.9 Å². The quantitative estimate of drug-likeness (QED) is 0.639. The summed E-state index contributed by atoms with van der Waals surface area (Å²) in [5, 5.41) is 3.72. The van der Waals surface area contributed by atoms with Gasteiger partial charge >= 0.3 is 0 Å². The highest BCUT2D eigenvalue weighted by Gasteiger charge is 2.12. The lowest BCUT2D eigenvalue weighted by Gasteiger charge is -2.21. The fourth-order valence-electron chi connectivity index (χ4n) is 2.61. The van der Waals surface area contributed by atoms with Crippen LogP contribution in [0.15, 0.2) is 24.3 Å². The fourth-order valence-corrected chi connectivity index (χ4v) is 2.61. The molecule has 20 heavy (non-hydrogen) atoms. The van der Waals surface area contributed by atoms with E-state index in [-0.39, 0.29) is 0 Å². The van der Waals surface area contributed by atoms with Gasteiger partial charge in [0.25, 0.3) is 0 Å². The third kappa shape index (κ3) is 6.56. The second kappa shape index (κ2) is 9.18. The summed E-state index contributed by atoms with van der Waals surface area (Å²) in [4.78, 5) is 0. The molecule has 0 aliphatic rings. The molecule has 114 valence electrons. The van der Waals surface area contributed by atoms with Crippen LogP contribution in [0.4, 0.5) is 0 Å². The molecule has 0 aliphatic carbocycles. The largest absolute Gasteiger partial charge is 0.310 e. The van der Waals surface area contributed by atoms with Gasteiger partial charge < -0.3 is 5.32 Å². The molecule has 0 aromatic heterocycles. The summed E-state index contributed by atoms with van der Waals surface area (Å²) in [5.41, 5.74) is 2.95. The van der Waals surface area contributed by atoms with Crippen molar-refractivity contribution in [2.45, 2.75) is 66.3 Å². The van der Waals surface area contributed by atoms with Crippen molar-refractivity contribution in [3.8, 4) is 0 Å². The van der Waals surface area contributed by atoms with Gasteiger partial charge in [0.05, 0.1) is 0 Å². The van der Waals surface area contributed by atoms with Crippen LogP contribution >= 0.6 is 0 Å². The minimum atomic E-state index is 0.518. The molecule has 0 saturated carbocycles. The van der Waals surface area contributed by atoms with Crippen LogP contribution in [0.1, 0.15) is 71.0 Å². The van der Waals surface area contributed by atoms with Crippen molar-refractivity contribution >= 4 is 0 Å². The number of hydrogen-bond acceptors (Lipinski definition) is 1. The van der Waals surface area contributed by atoms with Crippen molar-refractivity contribution in [2.75, 3.05) is 6.54 Å². The van der Waals surface area contributed by atoms with Crippen LogP contribution in [0.25, 0.3) is 0 Å². The van der Waals surface area contributed by atoms with Gasteiger partial charge in [-0.3, -0.25) is 0 Å². The van der Waals surface area contributed by atoms with E-state index >= 15 is 0 Å². The van der Waals surface area contributed by atoms with Crippen LogP contribution in [0, 0.1) is 11.8 Å². The molecule has 1 nitrogen and oxygen atoms in total. The zero-order chi connectivity index (χ0) is 15.0. The summed E-state index contributed by atoms with van der Waals surface area (Å²) in [5.74, 6) is 1.50. The van der Waals surface area contributed by atoms with Crippen molar-refractivity contribution in [1.29, 1.82) is 0 Å². The molecule has 0 fully saturated rings. The van der Waals surface area contributed by atoms with Crippen LogP contribution in [0.3, 0.4) is 0 Å². The third-order valence-corrected chi connectivity index (χ3v) is 3.67. The van der Waals surface area contributed by atoms with Crippen LogP contribution in [0.2, 0.25) is 0 Å². The molecule has 0 amide bonds. The standard InChI is InChI=1S/C19H33N/c1-6-12-20-19(11-10-15(2)3)18-9-7-8-17(14-18)13-16(4)5/h7-9,14-16,19-20H,6,10-13H2,1-5H3. The Morgan fingerprint density at radius 1 is 1.00 bits per heavy atom. The first-order valence-corrected chi connectivity index (χ1v) is 8.35.